The standard InChI is InChI=1S/C17H23F3N4OS/c1-10(2)13-9-24(6-7-26-13)17(21-3)22-8-14(25)23-12-5-4-11(18)15(19)16(12)20/h4-5,10,13H,6-9H2,1-3H3,(H,21,22)(H,23,25). The summed E-state index contributed by atoms with van der Waals surface area (Å²) in [6, 6.07) is 1.74. The van der Waals surface area contributed by atoms with E-state index in [2.05, 4.69) is 34.4 Å². The first-order valence-electron chi connectivity index (χ1n) is 8.34. The number of hydrogen-bond donors (Lipinski definition) is 2. The number of nitrogens with zero attached hydrogens (tertiary/aromatic N) is 2. The molecule has 0 aliphatic carbocycles. The number of hydrogen-bond acceptors (Lipinski definition) is 3. The lowest BCUT2D eigenvalue weighted by atomic mass is 10.1. The lowest BCUT2D eigenvalue weighted by molar-refractivity contribution is -0.115. The van der Waals surface area contributed by atoms with Crippen molar-refractivity contribution in [2.45, 2.75) is 19.1 Å². The van der Waals surface area contributed by atoms with Gasteiger partial charge >= 0.3 is 0 Å². The van der Waals surface area contributed by atoms with Crippen LogP contribution in [-0.2, 0) is 4.79 Å². The number of guanidine groups is 1. The van der Waals surface area contributed by atoms with Crippen molar-refractivity contribution in [1.82, 2.24) is 10.2 Å². The molecule has 1 aliphatic heterocycles. The molecular weight excluding hydrogens is 365 g/mol. The topological polar surface area (TPSA) is 56.7 Å². The number of amides is 1. The number of carbonyl (C=O) groups is 1. The average molecular weight is 388 g/mol. The Morgan fingerprint density at radius 3 is 2.73 bits per heavy atom. The SMILES string of the molecule is CN=C(NCC(=O)Nc1ccc(F)c(F)c1F)N1CCSC(C(C)C)C1. The molecule has 9 heteroatoms. The van der Waals surface area contributed by atoms with E-state index in [0.717, 1.165) is 31.0 Å². The molecular formula is C17H23F3N4OS. The number of carbonyl (C=O) groups excluding carboxylic acids is 1. The van der Waals surface area contributed by atoms with Crippen molar-refractivity contribution in [3.8, 4) is 0 Å². The molecule has 0 spiro atoms. The Morgan fingerprint density at radius 1 is 1.35 bits per heavy atom. The minimum Gasteiger partial charge on any atom is -0.347 e. The van der Waals surface area contributed by atoms with Crippen molar-refractivity contribution in [2.75, 3.05) is 37.8 Å². The highest BCUT2D eigenvalue weighted by Gasteiger charge is 2.25. The maximum absolute atomic E-state index is 13.6. The Balaban J connectivity index is 1.92. The van der Waals surface area contributed by atoms with E-state index in [0.29, 0.717) is 17.1 Å². The fourth-order valence-corrected chi connectivity index (χ4v) is 3.88. The van der Waals surface area contributed by atoms with Crippen LogP contribution < -0.4 is 10.6 Å². The van der Waals surface area contributed by atoms with Gasteiger partial charge in [0.1, 0.15) is 0 Å². The predicted molar refractivity (Wildman–Crippen MR) is 99.0 cm³/mol. The molecule has 1 fully saturated rings. The van der Waals surface area contributed by atoms with Gasteiger partial charge in [-0.3, -0.25) is 9.79 Å². The van der Waals surface area contributed by atoms with E-state index in [-0.39, 0.29) is 6.54 Å². The van der Waals surface area contributed by atoms with Crippen molar-refractivity contribution < 1.29 is 18.0 Å². The summed E-state index contributed by atoms with van der Waals surface area (Å²) < 4.78 is 39.8. The lowest BCUT2D eigenvalue weighted by Gasteiger charge is -2.36. The third kappa shape index (κ3) is 5.06. The molecule has 1 aromatic carbocycles. The van der Waals surface area contributed by atoms with Gasteiger partial charge in [0.05, 0.1) is 12.2 Å². The summed E-state index contributed by atoms with van der Waals surface area (Å²) in [5.74, 6) is -2.84. The van der Waals surface area contributed by atoms with Crippen molar-refractivity contribution in [1.29, 1.82) is 0 Å². The van der Waals surface area contributed by atoms with Gasteiger partial charge in [-0.25, -0.2) is 13.2 Å². The molecule has 1 aliphatic rings. The van der Waals surface area contributed by atoms with E-state index < -0.39 is 29.0 Å². The molecule has 144 valence electrons. The van der Waals surface area contributed by atoms with E-state index in [1.807, 2.05) is 11.8 Å². The maximum atomic E-state index is 13.6. The molecule has 26 heavy (non-hydrogen) atoms. The van der Waals surface area contributed by atoms with Crippen LogP contribution in [-0.4, -0.2) is 54.5 Å². The summed E-state index contributed by atoms with van der Waals surface area (Å²) in [6.45, 7) is 5.80. The van der Waals surface area contributed by atoms with Gasteiger partial charge in [0, 0.05) is 31.1 Å². The summed E-state index contributed by atoms with van der Waals surface area (Å²) in [7, 11) is 1.63. The maximum Gasteiger partial charge on any atom is 0.243 e. The van der Waals surface area contributed by atoms with Crippen molar-refractivity contribution in [3.05, 3.63) is 29.6 Å². The van der Waals surface area contributed by atoms with Crippen LogP contribution in [0.25, 0.3) is 0 Å². The number of benzene rings is 1. The lowest BCUT2D eigenvalue weighted by Crippen LogP contribution is -2.50. The highest BCUT2D eigenvalue weighted by atomic mass is 32.2. The molecule has 0 bridgehead atoms. The van der Waals surface area contributed by atoms with Crippen LogP contribution in [0.3, 0.4) is 0 Å². The molecule has 1 amide bonds. The number of thioether (sulfide) groups is 1. The number of aliphatic imine (C=N–C) groups is 1. The highest BCUT2D eigenvalue weighted by Crippen LogP contribution is 2.25. The largest absolute Gasteiger partial charge is 0.347 e. The fraction of sp³-hybridized carbons (Fsp3) is 0.529. The monoisotopic (exact) mass is 388 g/mol. The minimum atomic E-state index is -1.61. The second kappa shape index (κ2) is 9.16. The Kier molecular flexibility index (Phi) is 7.19. The quantitative estimate of drug-likeness (QED) is 0.473. The van der Waals surface area contributed by atoms with Gasteiger partial charge in [0.15, 0.2) is 23.4 Å². The zero-order chi connectivity index (χ0) is 19.3. The van der Waals surface area contributed by atoms with E-state index >= 15 is 0 Å². The van der Waals surface area contributed by atoms with E-state index in [9.17, 15) is 18.0 Å². The predicted octanol–water partition coefficient (Wildman–Crippen LogP) is 2.69. The summed E-state index contributed by atoms with van der Waals surface area (Å²) >= 11 is 1.92. The Hall–Kier alpha value is -1.90. The van der Waals surface area contributed by atoms with Crippen LogP contribution >= 0.6 is 11.8 Å². The molecule has 2 N–H and O–H groups in total. The first-order valence-corrected chi connectivity index (χ1v) is 9.39. The Bertz CT molecular complexity index is 684. The summed E-state index contributed by atoms with van der Waals surface area (Å²) in [4.78, 5) is 18.3. The normalized spacial score (nSPS) is 18.2. The second-order valence-corrected chi connectivity index (χ2v) is 7.62. The number of halogens is 3. The number of anilines is 1. The van der Waals surface area contributed by atoms with Gasteiger partial charge in [-0.2, -0.15) is 11.8 Å². The summed E-state index contributed by atoms with van der Waals surface area (Å²) in [6.07, 6.45) is 0. The van der Waals surface area contributed by atoms with Crippen molar-refractivity contribution in [2.24, 2.45) is 10.9 Å². The van der Waals surface area contributed by atoms with Crippen LogP contribution in [0.4, 0.5) is 18.9 Å². The zero-order valence-corrected chi connectivity index (χ0v) is 15.8. The van der Waals surface area contributed by atoms with Crippen LogP contribution in [0.2, 0.25) is 0 Å². The van der Waals surface area contributed by atoms with Crippen LogP contribution in [0.15, 0.2) is 17.1 Å². The molecule has 1 unspecified atom stereocenters. The average Bonchev–Trinajstić information content (AvgIpc) is 2.63. The molecule has 1 saturated heterocycles. The van der Waals surface area contributed by atoms with Gasteiger partial charge in [0.2, 0.25) is 5.91 Å². The second-order valence-electron chi connectivity index (χ2n) is 6.27. The number of rotatable bonds is 4. The zero-order valence-electron chi connectivity index (χ0n) is 15.0. The molecule has 2 rings (SSSR count). The van der Waals surface area contributed by atoms with Gasteiger partial charge < -0.3 is 15.5 Å². The van der Waals surface area contributed by atoms with Crippen LogP contribution in [0.1, 0.15) is 13.8 Å². The molecule has 1 heterocycles. The van der Waals surface area contributed by atoms with Crippen molar-refractivity contribution >= 4 is 29.3 Å². The molecule has 0 aromatic heterocycles. The van der Waals surface area contributed by atoms with Gasteiger partial charge in [-0.1, -0.05) is 13.8 Å². The minimum absolute atomic E-state index is 0.166. The molecule has 1 aromatic rings. The van der Waals surface area contributed by atoms with E-state index in [4.69, 9.17) is 0 Å². The van der Waals surface area contributed by atoms with Crippen LogP contribution in [0.5, 0.6) is 0 Å². The molecule has 0 radical (unpaired) electrons. The van der Waals surface area contributed by atoms with Gasteiger partial charge in [-0.05, 0) is 18.1 Å². The summed E-state index contributed by atoms with van der Waals surface area (Å²) in [5, 5.41) is 5.63. The molecule has 0 saturated carbocycles. The number of nitrogens with one attached hydrogen (secondary N) is 2. The van der Waals surface area contributed by atoms with E-state index in [1.54, 1.807) is 7.05 Å². The Morgan fingerprint density at radius 2 is 2.08 bits per heavy atom. The van der Waals surface area contributed by atoms with Gasteiger partial charge in [-0.15, -0.1) is 0 Å². The van der Waals surface area contributed by atoms with Crippen molar-refractivity contribution in [3.63, 3.8) is 0 Å². The first kappa shape index (κ1) is 20.4. The fourth-order valence-electron chi connectivity index (χ4n) is 2.58. The third-order valence-corrected chi connectivity index (χ3v) is 5.60. The molecule has 1 atom stereocenters. The first-order chi connectivity index (χ1) is 12.3. The summed E-state index contributed by atoms with van der Waals surface area (Å²) in [5.41, 5.74) is -0.403. The third-order valence-electron chi connectivity index (χ3n) is 4.06. The smallest absolute Gasteiger partial charge is 0.243 e. The van der Waals surface area contributed by atoms with Gasteiger partial charge in [0.25, 0.3) is 0 Å². The highest BCUT2D eigenvalue weighted by molar-refractivity contribution is 8.00. The molecule has 5 nitrogen and oxygen atoms in total. The Labute approximate surface area is 155 Å². The van der Waals surface area contributed by atoms with E-state index in [1.165, 1.54) is 0 Å². The van der Waals surface area contributed by atoms with Crippen LogP contribution in [0, 0.1) is 23.4 Å².